The van der Waals surface area contributed by atoms with Crippen molar-refractivity contribution in [2.24, 2.45) is 0 Å². The SMILES string of the molecule is CC(NC(=O)/C(C#N)=C\c1cccc([N+](=O)[O-])c1)c1ccccc1. The second-order valence-corrected chi connectivity index (χ2v) is 5.13. The lowest BCUT2D eigenvalue weighted by Gasteiger charge is -2.13. The van der Waals surface area contributed by atoms with E-state index in [0.717, 1.165) is 5.56 Å². The Morgan fingerprint density at radius 1 is 1.25 bits per heavy atom. The Hall–Kier alpha value is -3.46. The number of nitro groups is 1. The predicted molar refractivity (Wildman–Crippen MR) is 89.7 cm³/mol. The molecule has 0 radical (unpaired) electrons. The van der Waals surface area contributed by atoms with Crippen LogP contribution in [0, 0.1) is 21.4 Å². The summed E-state index contributed by atoms with van der Waals surface area (Å²) >= 11 is 0. The first-order valence-corrected chi connectivity index (χ1v) is 7.23. The Morgan fingerprint density at radius 2 is 1.96 bits per heavy atom. The fourth-order valence-electron chi connectivity index (χ4n) is 2.14. The molecule has 6 heteroatoms. The van der Waals surface area contributed by atoms with Crippen LogP contribution in [-0.4, -0.2) is 10.8 Å². The highest BCUT2D eigenvalue weighted by Gasteiger charge is 2.14. The highest BCUT2D eigenvalue weighted by Crippen LogP contribution is 2.17. The molecule has 0 heterocycles. The van der Waals surface area contributed by atoms with E-state index >= 15 is 0 Å². The molecule has 1 atom stereocenters. The quantitative estimate of drug-likeness (QED) is 0.395. The van der Waals surface area contributed by atoms with Crippen molar-refractivity contribution < 1.29 is 9.72 Å². The maximum Gasteiger partial charge on any atom is 0.270 e. The van der Waals surface area contributed by atoms with E-state index in [1.54, 1.807) is 6.07 Å². The summed E-state index contributed by atoms with van der Waals surface area (Å²) in [5.74, 6) is -0.527. The molecular weight excluding hydrogens is 306 g/mol. The summed E-state index contributed by atoms with van der Waals surface area (Å²) in [6.45, 7) is 1.82. The first-order valence-electron chi connectivity index (χ1n) is 7.23. The van der Waals surface area contributed by atoms with Gasteiger partial charge in [-0.1, -0.05) is 42.5 Å². The second kappa shape index (κ2) is 7.70. The number of amides is 1. The zero-order valence-electron chi connectivity index (χ0n) is 13.0. The molecule has 6 nitrogen and oxygen atoms in total. The zero-order valence-corrected chi connectivity index (χ0v) is 13.0. The molecule has 0 spiro atoms. The van der Waals surface area contributed by atoms with Gasteiger partial charge >= 0.3 is 0 Å². The predicted octanol–water partition coefficient (Wildman–Crippen LogP) is 3.38. The van der Waals surface area contributed by atoms with E-state index in [1.807, 2.05) is 43.3 Å². The van der Waals surface area contributed by atoms with Crippen molar-refractivity contribution in [1.82, 2.24) is 5.32 Å². The molecule has 1 N–H and O–H groups in total. The van der Waals surface area contributed by atoms with Gasteiger partial charge in [-0.2, -0.15) is 5.26 Å². The summed E-state index contributed by atoms with van der Waals surface area (Å²) in [7, 11) is 0. The number of nitro benzene ring substituents is 1. The summed E-state index contributed by atoms with van der Waals surface area (Å²) in [5, 5.41) is 22.7. The van der Waals surface area contributed by atoms with Crippen LogP contribution in [0.5, 0.6) is 0 Å². The average Bonchev–Trinajstić information content (AvgIpc) is 2.60. The van der Waals surface area contributed by atoms with Crippen molar-refractivity contribution >= 4 is 17.7 Å². The molecular formula is C18H15N3O3. The maximum absolute atomic E-state index is 12.2. The molecule has 0 saturated heterocycles. The Bertz CT molecular complexity index is 823. The van der Waals surface area contributed by atoms with E-state index in [9.17, 15) is 20.2 Å². The van der Waals surface area contributed by atoms with E-state index in [-0.39, 0.29) is 17.3 Å². The Morgan fingerprint density at radius 3 is 2.58 bits per heavy atom. The molecule has 120 valence electrons. The Kier molecular flexibility index (Phi) is 5.42. The molecule has 1 amide bonds. The van der Waals surface area contributed by atoms with Crippen LogP contribution in [0.15, 0.2) is 60.2 Å². The molecule has 0 aliphatic carbocycles. The fourth-order valence-corrected chi connectivity index (χ4v) is 2.14. The van der Waals surface area contributed by atoms with Gasteiger partial charge in [0.15, 0.2) is 0 Å². The smallest absolute Gasteiger partial charge is 0.270 e. The summed E-state index contributed by atoms with van der Waals surface area (Å²) in [4.78, 5) is 22.5. The number of nitrogens with one attached hydrogen (secondary N) is 1. The highest BCUT2D eigenvalue weighted by atomic mass is 16.6. The van der Waals surface area contributed by atoms with E-state index in [4.69, 9.17) is 0 Å². The van der Waals surface area contributed by atoms with Crippen molar-refractivity contribution in [3.8, 4) is 6.07 Å². The minimum Gasteiger partial charge on any atom is -0.345 e. The monoisotopic (exact) mass is 321 g/mol. The molecule has 0 fully saturated rings. The molecule has 0 aliphatic heterocycles. The zero-order chi connectivity index (χ0) is 17.5. The van der Waals surface area contributed by atoms with E-state index < -0.39 is 10.8 Å². The van der Waals surface area contributed by atoms with Crippen LogP contribution in [0.4, 0.5) is 5.69 Å². The van der Waals surface area contributed by atoms with Gasteiger partial charge in [0, 0.05) is 12.1 Å². The number of rotatable bonds is 5. The van der Waals surface area contributed by atoms with Gasteiger partial charge in [-0.15, -0.1) is 0 Å². The van der Waals surface area contributed by atoms with Crippen LogP contribution in [-0.2, 0) is 4.79 Å². The first kappa shape index (κ1) is 16.9. The van der Waals surface area contributed by atoms with Gasteiger partial charge in [-0.25, -0.2) is 0 Å². The molecule has 0 aliphatic rings. The van der Waals surface area contributed by atoms with Crippen LogP contribution < -0.4 is 5.32 Å². The number of benzene rings is 2. The van der Waals surface area contributed by atoms with Crippen molar-refractivity contribution in [2.75, 3.05) is 0 Å². The third-order valence-corrected chi connectivity index (χ3v) is 3.40. The number of carbonyl (C=O) groups excluding carboxylic acids is 1. The van der Waals surface area contributed by atoms with Crippen LogP contribution in [0.25, 0.3) is 6.08 Å². The van der Waals surface area contributed by atoms with Crippen molar-refractivity contribution in [3.05, 3.63) is 81.4 Å². The molecule has 2 aromatic rings. The van der Waals surface area contributed by atoms with Gasteiger partial charge in [0.1, 0.15) is 11.6 Å². The van der Waals surface area contributed by atoms with Gasteiger partial charge in [0.05, 0.1) is 11.0 Å². The van der Waals surface area contributed by atoms with Crippen LogP contribution in [0.2, 0.25) is 0 Å². The lowest BCUT2D eigenvalue weighted by Crippen LogP contribution is -2.27. The molecule has 0 bridgehead atoms. The third-order valence-electron chi connectivity index (χ3n) is 3.40. The standard InChI is InChI=1S/C18H15N3O3/c1-13(15-7-3-2-4-8-15)20-18(22)16(12-19)10-14-6-5-9-17(11-14)21(23)24/h2-11,13H,1H3,(H,20,22)/b16-10-. The second-order valence-electron chi connectivity index (χ2n) is 5.13. The summed E-state index contributed by atoms with van der Waals surface area (Å²) in [6.07, 6.45) is 1.33. The molecule has 24 heavy (non-hydrogen) atoms. The van der Waals surface area contributed by atoms with Crippen molar-refractivity contribution in [1.29, 1.82) is 5.26 Å². The third kappa shape index (κ3) is 4.27. The van der Waals surface area contributed by atoms with Crippen molar-refractivity contribution in [2.45, 2.75) is 13.0 Å². The average molecular weight is 321 g/mol. The molecule has 2 rings (SSSR count). The first-order chi connectivity index (χ1) is 11.5. The van der Waals surface area contributed by atoms with Crippen LogP contribution in [0.1, 0.15) is 24.1 Å². The topological polar surface area (TPSA) is 96.0 Å². The lowest BCUT2D eigenvalue weighted by molar-refractivity contribution is -0.384. The normalized spacial score (nSPS) is 12.1. The number of nitriles is 1. The minimum absolute atomic E-state index is 0.0981. The molecule has 0 aromatic heterocycles. The number of non-ortho nitro benzene ring substituents is 1. The van der Waals surface area contributed by atoms with Crippen LogP contribution in [0.3, 0.4) is 0 Å². The molecule has 0 saturated carbocycles. The van der Waals surface area contributed by atoms with E-state index in [1.165, 1.54) is 24.3 Å². The number of carbonyl (C=O) groups is 1. The van der Waals surface area contributed by atoms with E-state index in [0.29, 0.717) is 5.56 Å². The fraction of sp³-hybridized carbons (Fsp3) is 0.111. The highest BCUT2D eigenvalue weighted by molar-refractivity contribution is 6.01. The van der Waals surface area contributed by atoms with Gasteiger partial charge in [0.25, 0.3) is 11.6 Å². The molecule has 1 unspecified atom stereocenters. The van der Waals surface area contributed by atoms with Crippen molar-refractivity contribution in [3.63, 3.8) is 0 Å². The van der Waals surface area contributed by atoms with Gasteiger partial charge in [-0.3, -0.25) is 14.9 Å². The summed E-state index contributed by atoms with van der Waals surface area (Å²) in [6, 6.07) is 16.7. The van der Waals surface area contributed by atoms with E-state index in [2.05, 4.69) is 5.32 Å². The number of hydrogen-bond acceptors (Lipinski definition) is 4. The minimum atomic E-state index is -0.527. The van der Waals surface area contributed by atoms with Gasteiger partial charge in [-0.05, 0) is 24.1 Å². The maximum atomic E-state index is 12.2. The summed E-state index contributed by atoms with van der Waals surface area (Å²) < 4.78 is 0. The van der Waals surface area contributed by atoms with Gasteiger partial charge < -0.3 is 5.32 Å². The number of nitrogens with zero attached hydrogens (tertiary/aromatic N) is 2. The summed E-state index contributed by atoms with van der Waals surface area (Å²) in [5.41, 5.74) is 1.12. The Labute approximate surface area is 139 Å². The van der Waals surface area contributed by atoms with Gasteiger partial charge in [0.2, 0.25) is 0 Å². The number of hydrogen-bond donors (Lipinski definition) is 1. The molecule has 2 aromatic carbocycles. The van der Waals surface area contributed by atoms with Crippen LogP contribution >= 0.6 is 0 Å². The Balaban J connectivity index is 2.18. The lowest BCUT2D eigenvalue weighted by atomic mass is 10.1. The largest absolute Gasteiger partial charge is 0.345 e.